The minimum atomic E-state index is 0.0293. The van der Waals surface area contributed by atoms with Gasteiger partial charge in [0.2, 0.25) is 5.78 Å². The lowest BCUT2D eigenvalue weighted by molar-refractivity contribution is 0.103. The Morgan fingerprint density at radius 1 is 1.19 bits per heavy atom. The van der Waals surface area contributed by atoms with E-state index < -0.39 is 0 Å². The molecule has 0 amide bonds. The van der Waals surface area contributed by atoms with Gasteiger partial charge in [0, 0.05) is 23.8 Å². The van der Waals surface area contributed by atoms with E-state index in [1.54, 1.807) is 24.3 Å². The summed E-state index contributed by atoms with van der Waals surface area (Å²) in [6.45, 7) is 1.93. The molecule has 0 bridgehead atoms. The fourth-order valence-electron chi connectivity index (χ4n) is 1.73. The van der Waals surface area contributed by atoms with E-state index in [4.69, 9.17) is 11.6 Å². The Labute approximate surface area is 99.5 Å². The number of nitrogens with zero attached hydrogens (tertiary/aromatic N) is 1. The van der Waals surface area contributed by atoms with Crippen molar-refractivity contribution in [3.63, 3.8) is 0 Å². The zero-order valence-electron chi connectivity index (χ0n) is 9.20. The first-order valence-electron chi connectivity index (χ1n) is 5.02. The Morgan fingerprint density at radius 2 is 1.81 bits per heavy atom. The van der Waals surface area contributed by atoms with Crippen LogP contribution in [0.25, 0.3) is 0 Å². The van der Waals surface area contributed by atoms with Crippen LogP contribution in [-0.4, -0.2) is 10.4 Å². The van der Waals surface area contributed by atoms with E-state index in [1.807, 2.05) is 30.8 Å². The summed E-state index contributed by atoms with van der Waals surface area (Å²) in [5, 5.41) is 0.639. The molecule has 0 radical (unpaired) electrons. The molecule has 0 saturated heterocycles. The summed E-state index contributed by atoms with van der Waals surface area (Å²) in [6, 6.07) is 8.89. The molecular formula is C13H12ClNO. The number of carbonyl (C=O) groups excluding carboxylic acids is 1. The fraction of sp³-hybridized carbons (Fsp3) is 0.154. The predicted molar refractivity (Wildman–Crippen MR) is 65.0 cm³/mol. The Morgan fingerprint density at radius 3 is 2.31 bits per heavy atom. The Kier molecular flexibility index (Phi) is 2.84. The van der Waals surface area contributed by atoms with Crippen molar-refractivity contribution in [1.29, 1.82) is 0 Å². The van der Waals surface area contributed by atoms with Crippen molar-refractivity contribution in [3.8, 4) is 0 Å². The quantitative estimate of drug-likeness (QED) is 0.730. The van der Waals surface area contributed by atoms with Gasteiger partial charge in [0.15, 0.2) is 0 Å². The first-order valence-corrected chi connectivity index (χ1v) is 5.39. The summed E-state index contributed by atoms with van der Waals surface area (Å²) in [5.41, 5.74) is 2.37. The molecule has 0 unspecified atom stereocenters. The van der Waals surface area contributed by atoms with E-state index >= 15 is 0 Å². The van der Waals surface area contributed by atoms with Crippen molar-refractivity contribution in [2.24, 2.45) is 7.05 Å². The van der Waals surface area contributed by atoms with E-state index in [0.717, 1.165) is 11.3 Å². The smallest absolute Gasteiger partial charge is 0.209 e. The number of ketones is 1. The van der Waals surface area contributed by atoms with Crippen molar-refractivity contribution < 1.29 is 4.79 Å². The van der Waals surface area contributed by atoms with Gasteiger partial charge in [-0.05, 0) is 42.8 Å². The van der Waals surface area contributed by atoms with Gasteiger partial charge in [-0.15, -0.1) is 0 Å². The van der Waals surface area contributed by atoms with Crippen molar-refractivity contribution in [2.75, 3.05) is 0 Å². The molecule has 0 saturated carbocycles. The molecule has 0 aliphatic carbocycles. The van der Waals surface area contributed by atoms with Gasteiger partial charge in [0.05, 0.1) is 5.69 Å². The lowest BCUT2D eigenvalue weighted by Gasteiger charge is -2.04. The molecular weight excluding hydrogens is 222 g/mol. The Bertz CT molecular complexity index is 506. The summed E-state index contributed by atoms with van der Waals surface area (Å²) in [5.74, 6) is 0.0293. The SMILES string of the molecule is Cc1ccn(C)c1C(=O)c1ccc(Cl)cc1. The molecule has 0 spiro atoms. The maximum absolute atomic E-state index is 12.2. The highest BCUT2D eigenvalue weighted by atomic mass is 35.5. The third kappa shape index (κ3) is 1.89. The van der Waals surface area contributed by atoms with Crippen LogP contribution in [0.15, 0.2) is 36.5 Å². The second-order valence-electron chi connectivity index (χ2n) is 3.79. The van der Waals surface area contributed by atoms with E-state index in [0.29, 0.717) is 10.6 Å². The predicted octanol–water partition coefficient (Wildman–Crippen LogP) is 3.22. The van der Waals surface area contributed by atoms with Gasteiger partial charge in [0.1, 0.15) is 0 Å². The summed E-state index contributed by atoms with van der Waals surface area (Å²) in [4.78, 5) is 12.2. The topological polar surface area (TPSA) is 22.0 Å². The summed E-state index contributed by atoms with van der Waals surface area (Å²) >= 11 is 5.79. The summed E-state index contributed by atoms with van der Waals surface area (Å²) in [7, 11) is 1.87. The first-order chi connectivity index (χ1) is 7.59. The number of hydrogen-bond acceptors (Lipinski definition) is 1. The molecule has 1 heterocycles. The molecule has 2 rings (SSSR count). The number of aryl methyl sites for hydroxylation is 2. The third-order valence-electron chi connectivity index (χ3n) is 2.60. The Hall–Kier alpha value is -1.54. The van der Waals surface area contributed by atoms with Crippen LogP contribution in [0.1, 0.15) is 21.6 Å². The highest BCUT2D eigenvalue weighted by Gasteiger charge is 2.14. The monoisotopic (exact) mass is 233 g/mol. The summed E-state index contributed by atoms with van der Waals surface area (Å²) in [6.07, 6.45) is 1.89. The highest BCUT2D eigenvalue weighted by Crippen LogP contribution is 2.16. The molecule has 1 aromatic carbocycles. The van der Waals surface area contributed by atoms with Crippen LogP contribution in [0.3, 0.4) is 0 Å². The minimum Gasteiger partial charge on any atom is -0.348 e. The van der Waals surface area contributed by atoms with Gasteiger partial charge in [-0.25, -0.2) is 0 Å². The molecule has 2 nitrogen and oxygen atoms in total. The van der Waals surface area contributed by atoms with E-state index in [2.05, 4.69) is 0 Å². The maximum atomic E-state index is 12.2. The third-order valence-corrected chi connectivity index (χ3v) is 2.85. The lowest BCUT2D eigenvalue weighted by Crippen LogP contribution is -2.08. The zero-order valence-corrected chi connectivity index (χ0v) is 9.95. The molecule has 0 N–H and O–H groups in total. The maximum Gasteiger partial charge on any atom is 0.209 e. The van der Waals surface area contributed by atoms with Crippen LogP contribution in [0.4, 0.5) is 0 Å². The minimum absolute atomic E-state index is 0.0293. The van der Waals surface area contributed by atoms with E-state index in [1.165, 1.54) is 0 Å². The molecule has 1 aromatic heterocycles. The highest BCUT2D eigenvalue weighted by molar-refractivity contribution is 6.30. The molecule has 3 heteroatoms. The van der Waals surface area contributed by atoms with Crippen LogP contribution in [0.2, 0.25) is 5.02 Å². The van der Waals surface area contributed by atoms with Gasteiger partial charge in [-0.1, -0.05) is 11.6 Å². The number of rotatable bonds is 2. The number of aromatic nitrogens is 1. The molecule has 0 fully saturated rings. The van der Waals surface area contributed by atoms with Crippen molar-refractivity contribution in [1.82, 2.24) is 4.57 Å². The first kappa shape index (κ1) is 11.0. The largest absolute Gasteiger partial charge is 0.348 e. The molecule has 0 atom stereocenters. The van der Waals surface area contributed by atoms with Gasteiger partial charge >= 0.3 is 0 Å². The number of halogens is 1. The van der Waals surface area contributed by atoms with Gasteiger partial charge in [0.25, 0.3) is 0 Å². The van der Waals surface area contributed by atoms with Gasteiger partial charge in [-0.2, -0.15) is 0 Å². The fourth-order valence-corrected chi connectivity index (χ4v) is 1.86. The zero-order chi connectivity index (χ0) is 11.7. The second-order valence-corrected chi connectivity index (χ2v) is 4.23. The summed E-state index contributed by atoms with van der Waals surface area (Å²) < 4.78 is 1.84. The average Bonchev–Trinajstić information content (AvgIpc) is 2.59. The standard InChI is InChI=1S/C13H12ClNO/c1-9-7-8-15(2)12(9)13(16)10-3-5-11(14)6-4-10/h3-8H,1-2H3. The van der Waals surface area contributed by atoms with Crippen molar-refractivity contribution >= 4 is 17.4 Å². The van der Waals surface area contributed by atoms with Crippen LogP contribution < -0.4 is 0 Å². The number of benzene rings is 1. The van der Waals surface area contributed by atoms with Gasteiger partial charge < -0.3 is 4.57 Å². The van der Waals surface area contributed by atoms with Crippen LogP contribution in [-0.2, 0) is 7.05 Å². The van der Waals surface area contributed by atoms with Crippen LogP contribution in [0, 0.1) is 6.92 Å². The van der Waals surface area contributed by atoms with Crippen molar-refractivity contribution in [3.05, 3.63) is 58.4 Å². The molecule has 2 aromatic rings. The van der Waals surface area contributed by atoms with Crippen molar-refractivity contribution in [2.45, 2.75) is 6.92 Å². The average molecular weight is 234 g/mol. The lowest BCUT2D eigenvalue weighted by atomic mass is 10.1. The van der Waals surface area contributed by atoms with Crippen LogP contribution in [0.5, 0.6) is 0 Å². The second kappa shape index (κ2) is 4.14. The molecule has 82 valence electrons. The molecule has 0 aliphatic heterocycles. The Balaban J connectivity index is 2.43. The molecule has 0 aliphatic rings. The van der Waals surface area contributed by atoms with Gasteiger partial charge in [-0.3, -0.25) is 4.79 Å². The normalized spacial score (nSPS) is 10.4. The van der Waals surface area contributed by atoms with E-state index in [9.17, 15) is 4.79 Å². The number of carbonyl (C=O) groups is 1. The molecule has 16 heavy (non-hydrogen) atoms. The van der Waals surface area contributed by atoms with E-state index in [-0.39, 0.29) is 5.78 Å². The van der Waals surface area contributed by atoms with Crippen LogP contribution >= 0.6 is 11.6 Å². The number of hydrogen-bond donors (Lipinski definition) is 0.